The number of nitrogens with one attached hydrogen (secondary N) is 1. The van der Waals surface area contributed by atoms with Crippen LogP contribution in [0.2, 0.25) is 5.15 Å². The van der Waals surface area contributed by atoms with Crippen molar-refractivity contribution in [3.8, 4) is 0 Å². The van der Waals surface area contributed by atoms with Crippen molar-refractivity contribution < 1.29 is 4.42 Å². The number of pyridine rings is 1. The van der Waals surface area contributed by atoms with Gasteiger partial charge in [-0.15, -0.1) is 0 Å². The summed E-state index contributed by atoms with van der Waals surface area (Å²) in [4.78, 5) is 4.39. The Hall–Kier alpha value is -1.84. The van der Waals surface area contributed by atoms with Crippen LogP contribution in [0.4, 0.5) is 0 Å². The number of halogens is 1. The third kappa shape index (κ3) is 2.78. The van der Waals surface area contributed by atoms with Crippen LogP contribution in [0.1, 0.15) is 11.3 Å². The van der Waals surface area contributed by atoms with Gasteiger partial charge in [-0.3, -0.25) is 0 Å². The maximum atomic E-state index is 6.19. The minimum Gasteiger partial charge on any atom is -0.468 e. The van der Waals surface area contributed by atoms with Crippen molar-refractivity contribution in [1.82, 2.24) is 10.3 Å². The van der Waals surface area contributed by atoms with Gasteiger partial charge in [0.15, 0.2) is 0 Å². The van der Waals surface area contributed by atoms with E-state index in [0.717, 1.165) is 22.2 Å². The molecule has 3 rings (SSSR count). The molecule has 19 heavy (non-hydrogen) atoms. The number of rotatable bonds is 4. The first-order chi connectivity index (χ1) is 9.33. The summed E-state index contributed by atoms with van der Waals surface area (Å²) in [5, 5.41) is 4.94. The molecule has 0 aliphatic heterocycles. The van der Waals surface area contributed by atoms with E-state index in [9.17, 15) is 0 Å². The number of hydrogen-bond donors (Lipinski definition) is 1. The van der Waals surface area contributed by atoms with Crippen molar-refractivity contribution in [1.29, 1.82) is 0 Å². The van der Waals surface area contributed by atoms with Crippen molar-refractivity contribution in [2.75, 3.05) is 0 Å². The lowest BCUT2D eigenvalue weighted by Crippen LogP contribution is -2.12. The molecule has 2 aromatic heterocycles. The molecule has 0 amide bonds. The molecule has 0 spiro atoms. The van der Waals surface area contributed by atoms with Crippen LogP contribution in [0.3, 0.4) is 0 Å². The van der Waals surface area contributed by atoms with E-state index in [4.69, 9.17) is 16.0 Å². The maximum Gasteiger partial charge on any atom is 0.134 e. The van der Waals surface area contributed by atoms with Crippen molar-refractivity contribution in [2.24, 2.45) is 0 Å². The summed E-state index contributed by atoms with van der Waals surface area (Å²) >= 11 is 6.19. The van der Waals surface area contributed by atoms with E-state index in [1.807, 2.05) is 36.4 Å². The molecular formula is C15H13ClN2O. The second-order valence-corrected chi connectivity index (χ2v) is 4.67. The highest BCUT2D eigenvalue weighted by Gasteiger charge is 2.04. The summed E-state index contributed by atoms with van der Waals surface area (Å²) in [6.07, 6.45) is 1.67. The van der Waals surface area contributed by atoms with Gasteiger partial charge >= 0.3 is 0 Å². The van der Waals surface area contributed by atoms with Gasteiger partial charge in [-0.1, -0.05) is 29.8 Å². The molecule has 0 aliphatic carbocycles. The summed E-state index contributed by atoms with van der Waals surface area (Å²) in [5.74, 6) is 0.907. The molecule has 96 valence electrons. The average Bonchev–Trinajstić information content (AvgIpc) is 2.92. The molecule has 0 aliphatic rings. The lowest BCUT2D eigenvalue weighted by molar-refractivity contribution is 0.483. The van der Waals surface area contributed by atoms with Gasteiger partial charge < -0.3 is 9.73 Å². The first-order valence-corrected chi connectivity index (χ1v) is 6.48. The van der Waals surface area contributed by atoms with Gasteiger partial charge in [-0.25, -0.2) is 4.98 Å². The summed E-state index contributed by atoms with van der Waals surface area (Å²) in [6.45, 7) is 1.34. The third-order valence-electron chi connectivity index (χ3n) is 2.94. The Labute approximate surface area is 116 Å². The number of nitrogens with zero attached hydrogens (tertiary/aromatic N) is 1. The van der Waals surface area contributed by atoms with E-state index in [1.54, 1.807) is 6.26 Å². The molecule has 1 aromatic carbocycles. The van der Waals surface area contributed by atoms with Gasteiger partial charge in [-0.2, -0.15) is 0 Å². The number of para-hydroxylation sites is 1. The first-order valence-electron chi connectivity index (χ1n) is 6.10. The van der Waals surface area contributed by atoms with Crippen molar-refractivity contribution in [3.63, 3.8) is 0 Å². The third-order valence-corrected chi connectivity index (χ3v) is 3.27. The lowest BCUT2D eigenvalue weighted by Gasteiger charge is -2.07. The van der Waals surface area contributed by atoms with Crippen LogP contribution in [0.15, 0.2) is 53.1 Å². The van der Waals surface area contributed by atoms with Crippen molar-refractivity contribution in [3.05, 3.63) is 65.2 Å². The number of benzene rings is 1. The SMILES string of the molecule is Clc1nc2ccccc2cc1CNCc1ccco1. The molecule has 2 heterocycles. The topological polar surface area (TPSA) is 38.1 Å². The standard InChI is InChI=1S/C15H13ClN2O/c16-15-12(9-17-10-13-5-3-7-19-13)8-11-4-1-2-6-14(11)18-15/h1-8,17H,9-10H2. The second kappa shape index (κ2) is 5.43. The van der Waals surface area contributed by atoms with Crippen LogP contribution in [0.5, 0.6) is 0 Å². The fraction of sp³-hybridized carbons (Fsp3) is 0.133. The molecule has 3 aromatic rings. The minimum absolute atomic E-state index is 0.547. The molecule has 0 fully saturated rings. The van der Waals surface area contributed by atoms with Gasteiger partial charge in [0, 0.05) is 17.5 Å². The van der Waals surface area contributed by atoms with Crippen LogP contribution in [-0.2, 0) is 13.1 Å². The van der Waals surface area contributed by atoms with Gasteiger partial charge in [0.2, 0.25) is 0 Å². The quantitative estimate of drug-likeness (QED) is 0.735. The normalized spacial score (nSPS) is 11.0. The Balaban J connectivity index is 1.75. The zero-order chi connectivity index (χ0) is 13.1. The highest BCUT2D eigenvalue weighted by molar-refractivity contribution is 6.30. The van der Waals surface area contributed by atoms with E-state index in [-0.39, 0.29) is 0 Å². The number of fused-ring (bicyclic) bond motifs is 1. The molecule has 0 bridgehead atoms. The molecule has 0 saturated heterocycles. The summed E-state index contributed by atoms with van der Waals surface area (Å²) in [5.41, 5.74) is 1.91. The van der Waals surface area contributed by atoms with Gasteiger partial charge in [0.05, 0.1) is 18.3 Å². The molecule has 0 unspecified atom stereocenters. The average molecular weight is 273 g/mol. The summed E-state index contributed by atoms with van der Waals surface area (Å²) in [6, 6.07) is 13.8. The Bertz CT molecular complexity index is 680. The fourth-order valence-corrected chi connectivity index (χ4v) is 2.21. The van der Waals surface area contributed by atoms with Gasteiger partial charge in [-0.05, 0) is 24.3 Å². The fourth-order valence-electron chi connectivity index (χ4n) is 1.99. The number of furan rings is 1. The van der Waals surface area contributed by atoms with Gasteiger partial charge in [0.25, 0.3) is 0 Å². The lowest BCUT2D eigenvalue weighted by atomic mass is 10.1. The molecular weight excluding hydrogens is 260 g/mol. The van der Waals surface area contributed by atoms with Crippen molar-refractivity contribution >= 4 is 22.5 Å². The van der Waals surface area contributed by atoms with E-state index in [0.29, 0.717) is 18.2 Å². The summed E-state index contributed by atoms with van der Waals surface area (Å²) in [7, 11) is 0. The van der Waals surface area contributed by atoms with Crippen LogP contribution in [-0.4, -0.2) is 4.98 Å². The maximum absolute atomic E-state index is 6.19. The molecule has 4 heteroatoms. The zero-order valence-corrected chi connectivity index (χ0v) is 11.0. The molecule has 0 radical (unpaired) electrons. The van der Waals surface area contributed by atoms with Crippen molar-refractivity contribution in [2.45, 2.75) is 13.1 Å². The molecule has 1 N–H and O–H groups in total. The Kier molecular flexibility index (Phi) is 3.49. The molecule has 0 saturated carbocycles. The van der Waals surface area contributed by atoms with Crippen LogP contribution in [0.25, 0.3) is 10.9 Å². The van der Waals surface area contributed by atoms with E-state index >= 15 is 0 Å². The van der Waals surface area contributed by atoms with Crippen LogP contribution < -0.4 is 5.32 Å². The monoisotopic (exact) mass is 272 g/mol. The number of hydrogen-bond acceptors (Lipinski definition) is 3. The Morgan fingerprint density at radius 3 is 2.84 bits per heavy atom. The van der Waals surface area contributed by atoms with E-state index in [1.165, 1.54) is 0 Å². The van der Waals surface area contributed by atoms with Crippen LogP contribution >= 0.6 is 11.6 Å². The van der Waals surface area contributed by atoms with E-state index < -0.39 is 0 Å². The number of aromatic nitrogens is 1. The Morgan fingerprint density at radius 1 is 1.11 bits per heavy atom. The largest absolute Gasteiger partial charge is 0.468 e. The zero-order valence-electron chi connectivity index (χ0n) is 10.3. The predicted molar refractivity (Wildman–Crippen MR) is 76.0 cm³/mol. The molecule has 0 atom stereocenters. The minimum atomic E-state index is 0.547. The highest BCUT2D eigenvalue weighted by Crippen LogP contribution is 2.20. The highest BCUT2D eigenvalue weighted by atomic mass is 35.5. The Morgan fingerprint density at radius 2 is 2.00 bits per heavy atom. The van der Waals surface area contributed by atoms with Gasteiger partial charge in [0.1, 0.15) is 10.9 Å². The smallest absolute Gasteiger partial charge is 0.134 e. The second-order valence-electron chi connectivity index (χ2n) is 4.31. The molecule has 3 nitrogen and oxygen atoms in total. The predicted octanol–water partition coefficient (Wildman–Crippen LogP) is 3.77. The first kappa shape index (κ1) is 12.2. The summed E-state index contributed by atoms with van der Waals surface area (Å²) < 4.78 is 5.26. The van der Waals surface area contributed by atoms with Crippen LogP contribution in [0, 0.1) is 0 Å². The van der Waals surface area contributed by atoms with E-state index in [2.05, 4.69) is 16.4 Å².